The number of nitrogens with zero attached hydrogens (tertiary/aromatic N) is 1. The maximum Gasteiger partial charge on any atom is 0.332 e. The summed E-state index contributed by atoms with van der Waals surface area (Å²) in [6.07, 6.45) is 1.87. The maximum atomic E-state index is 12.9. The van der Waals surface area contributed by atoms with Crippen molar-refractivity contribution < 1.29 is 9.18 Å². The van der Waals surface area contributed by atoms with E-state index in [1.807, 2.05) is 6.20 Å². The van der Waals surface area contributed by atoms with Crippen molar-refractivity contribution in [2.75, 3.05) is 0 Å². The first-order valence-corrected chi connectivity index (χ1v) is 10.2. The van der Waals surface area contributed by atoms with Crippen LogP contribution in [0.15, 0.2) is 85.1 Å². The zero-order valence-corrected chi connectivity index (χ0v) is 17.3. The van der Waals surface area contributed by atoms with Crippen LogP contribution in [0.4, 0.5) is 4.39 Å². The van der Waals surface area contributed by atoms with Crippen LogP contribution < -0.4 is 0 Å². The molecule has 0 aliphatic rings. The molecule has 150 valence electrons. The van der Waals surface area contributed by atoms with Gasteiger partial charge in [-0.2, -0.15) is 4.39 Å². The highest BCUT2D eigenvalue weighted by Gasteiger charge is 2.10. The van der Waals surface area contributed by atoms with Gasteiger partial charge in [0.05, 0.1) is 11.3 Å². The maximum absolute atomic E-state index is 12.9. The number of aromatic nitrogens is 1. The second-order valence-electron chi connectivity index (χ2n) is 7.98. The van der Waals surface area contributed by atoms with E-state index in [9.17, 15) is 9.18 Å². The van der Waals surface area contributed by atoms with E-state index in [1.165, 1.54) is 23.3 Å². The van der Waals surface area contributed by atoms with Crippen molar-refractivity contribution in [2.45, 2.75) is 13.8 Å². The minimum atomic E-state index is -1.41. The van der Waals surface area contributed by atoms with Crippen LogP contribution in [-0.4, -0.2) is 11.0 Å². The first-order chi connectivity index (χ1) is 15.0. The molecule has 5 aromatic rings. The van der Waals surface area contributed by atoms with Crippen molar-refractivity contribution in [1.82, 2.24) is 4.98 Å². The van der Waals surface area contributed by atoms with Gasteiger partial charge in [0, 0.05) is 17.1 Å². The molecule has 1 heterocycles. The quantitative estimate of drug-likeness (QED) is 0.230. The van der Waals surface area contributed by atoms with Gasteiger partial charge >= 0.3 is 6.04 Å². The highest BCUT2D eigenvalue weighted by molar-refractivity contribution is 6.12. The summed E-state index contributed by atoms with van der Waals surface area (Å²) in [5.74, 6) is 0. The molecule has 4 aromatic carbocycles. The number of benzene rings is 4. The Hall–Kier alpha value is -3.85. The number of halogens is 1. The predicted octanol–water partition coefficient (Wildman–Crippen LogP) is 7.45. The van der Waals surface area contributed by atoms with Gasteiger partial charge in [0.2, 0.25) is 0 Å². The fourth-order valence-corrected chi connectivity index (χ4v) is 4.31. The molecule has 2 nitrogen and oxygen atoms in total. The summed E-state index contributed by atoms with van der Waals surface area (Å²) < 4.78 is 12.9. The highest BCUT2D eigenvalue weighted by atomic mass is 19.1. The van der Waals surface area contributed by atoms with E-state index >= 15 is 0 Å². The lowest BCUT2D eigenvalue weighted by molar-refractivity contribution is 0.0836. The van der Waals surface area contributed by atoms with Crippen molar-refractivity contribution in [1.29, 1.82) is 0 Å². The molecule has 0 saturated heterocycles. The monoisotopic (exact) mass is 405 g/mol. The van der Waals surface area contributed by atoms with Crippen molar-refractivity contribution in [3.63, 3.8) is 0 Å². The lowest BCUT2D eigenvalue weighted by Crippen LogP contribution is -1.90. The number of rotatable bonds is 3. The van der Waals surface area contributed by atoms with Gasteiger partial charge in [-0.15, -0.1) is 0 Å². The third-order valence-corrected chi connectivity index (χ3v) is 5.70. The molecule has 0 amide bonds. The molecule has 0 saturated carbocycles. The van der Waals surface area contributed by atoms with E-state index < -0.39 is 6.04 Å². The molecule has 0 radical (unpaired) electrons. The van der Waals surface area contributed by atoms with E-state index in [0.717, 1.165) is 43.9 Å². The molecule has 31 heavy (non-hydrogen) atoms. The number of aryl methyl sites for hydroxylation is 2. The molecule has 3 heteroatoms. The summed E-state index contributed by atoms with van der Waals surface area (Å²) in [6, 6.07) is 24.3. The first-order valence-electron chi connectivity index (χ1n) is 10.2. The molecule has 5 rings (SSSR count). The van der Waals surface area contributed by atoms with E-state index in [0.29, 0.717) is 0 Å². The number of hydrogen-bond acceptors (Lipinski definition) is 2. The predicted molar refractivity (Wildman–Crippen MR) is 125 cm³/mol. The highest BCUT2D eigenvalue weighted by Crippen LogP contribution is 2.34. The lowest BCUT2D eigenvalue weighted by Gasteiger charge is -2.11. The zero-order chi connectivity index (χ0) is 21.5. The molecule has 0 aliphatic carbocycles. The van der Waals surface area contributed by atoms with Crippen molar-refractivity contribution in [3.8, 4) is 22.4 Å². The fourth-order valence-electron chi connectivity index (χ4n) is 4.31. The van der Waals surface area contributed by atoms with Crippen LogP contribution >= 0.6 is 0 Å². The molecule has 0 atom stereocenters. The van der Waals surface area contributed by atoms with Gasteiger partial charge in [0.15, 0.2) is 0 Å². The van der Waals surface area contributed by atoms with Gasteiger partial charge in [-0.05, 0) is 77.5 Å². The van der Waals surface area contributed by atoms with Gasteiger partial charge in [0.25, 0.3) is 0 Å². The number of hydrogen-bond donors (Lipinski definition) is 0. The molecular weight excluding hydrogens is 385 g/mol. The van der Waals surface area contributed by atoms with Crippen LogP contribution in [0.5, 0.6) is 0 Å². The third kappa shape index (κ3) is 3.49. The fraction of sp³-hybridized carbons (Fsp3) is 0.0714. The molecule has 0 N–H and O–H groups in total. The van der Waals surface area contributed by atoms with E-state index in [-0.39, 0.29) is 5.56 Å². The van der Waals surface area contributed by atoms with Gasteiger partial charge < -0.3 is 0 Å². The van der Waals surface area contributed by atoms with Crippen LogP contribution in [0, 0.1) is 13.8 Å². The Morgan fingerprint density at radius 2 is 1.35 bits per heavy atom. The summed E-state index contributed by atoms with van der Waals surface area (Å²) in [7, 11) is 0. The third-order valence-electron chi connectivity index (χ3n) is 5.70. The summed E-state index contributed by atoms with van der Waals surface area (Å²) in [5.41, 5.74) is 6.59. The van der Waals surface area contributed by atoms with Gasteiger partial charge in [-0.25, -0.2) is 0 Å². The summed E-state index contributed by atoms with van der Waals surface area (Å²) in [6.45, 7) is 4.21. The summed E-state index contributed by atoms with van der Waals surface area (Å²) >= 11 is 0. The smallest absolute Gasteiger partial charge is 0.256 e. The van der Waals surface area contributed by atoms with Gasteiger partial charge in [-0.1, -0.05) is 53.6 Å². The van der Waals surface area contributed by atoms with Crippen molar-refractivity contribution >= 4 is 27.6 Å². The Bertz CT molecular complexity index is 1450. The van der Waals surface area contributed by atoms with Crippen LogP contribution in [0.25, 0.3) is 43.9 Å². The summed E-state index contributed by atoms with van der Waals surface area (Å²) in [4.78, 5) is 15.6. The molecule has 0 aliphatic heterocycles. The number of carbonyl (C=O) groups excluding carboxylic acids is 1. The van der Waals surface area contributed by atoms with E-state index in [4.69, 9.17) is 4.98 Å². The first kappa shape index (κ1) is 19.1. The molecule has 0 bridgehead atoms. The number of fused-ring (bicyclic) bond motifs is 3. The Kier molecular flexibility index (Phi) is 4.59. The topological polar surface area (TPSA) is 30.0 Å². The number of carbonyl (C=O) groups is 1. The second-order valence-corrected chi connectivity index (χ2v) is 7.98. The Balaban J connectivity index is 1.65. The molecule has 0 spiro atoms. The Morgan fingerprint density at radius 3 is 2.06 bits per heavy atom. The van der Waals surface area contributed by atoms with Gasteiger partial charge in [-0.3, -0.25) is 9.78 Å². The SMILES string of the molecule is Cc1cc(C)cc(-c2nccc3c2ccc2cc(-c4ccc(C(=O)F)cc4)ccc23)c1. The molecular formula is C28H20FNO. The molecule has 0 unspecified atom stereocenters. The average molecular weight is 405 g/mol. The minimum absolute atomic E-state index is 0.0712. The second kappa shape index (κ2) is 7.44. The normalized spacial score (nSPS) is 11.2. The Labute approximate surface area is 180 Å². The van der Waals surface area contributed by atoms with Crippen LogP contribution in [0.3, 0.4) is 0 Å². The van der Waals surface area contributed by atoms with Crippen LogP contribution in [0.2, 0.25) is 0 Å². The summed E-state index contributed by atoms with van der Waals surface area (Å²) in [5, 5.41) is 4.56. The zero-order valence-electron chi connectivity index (χ0n) is 17.3. The molecule has 1 aromatic heterocycles. The van der Waals surface area contributed by atoms with Gasteiger partial charge in [0.1, 0.15) is 0 Å². The standard InChI is InChI=1S/C28H20FNO/c1-17-13-18(2)15-23(14-17)27-26-10-8-22-16-21(7-9-24(22)25(26)11-12-30-27)19-3-5-20(6-4-19)28(29)31/h3-16H,1-2H3. The van der Waals surface area contributed by atoms with Crippen LogP contribution in [0.1, 0.15) is 21.5 Å². The minimum Gasteiger partial charge on any atom is -0.256 e. The van der Waals surface area contributed by atoms with Crippen molar-refractivity contribution in [2.24, 2.45) is 0 Å². The number of pyridine rings is 1. The molecule has 0 fully saturated rings. The Morgan fingerprint density at radius 1 is 0.677 bits per heavy atom. The van der Waals surface area contributed by atoms with E-state index in [1.54, 1.807) is 12.1 Å². The largest absolute Gasteiger partial charge is 0.332 e. The van der Waals surface area contributed by atoms with Crippen molar-refractivity contribution in [3.05, 3.63) is 102 Å². The lowest BCUT2D eigenvalue weighted by atomic mass is 9.95. The average Bonchev–Trinajstić information content (AvgIpc) is 2.77. The van der Waals surface area contributed by atoms with E-state index in [2.05, 4.69) is 68.4 Å². The van der Waals surface area contributed by atoms with Crippen LogP contribution in [-0.2, 0) is 0 Å².